The van der Waals surface area contributed by atoms with E-state index in [9.17, 15) is 4.79 Å². The van der Waals surface area contributed by atoms with Crippen LogP contribution in [0.25, 0.3) is 0 Å². The lowest BCUT2D eigenvalue weighted by Gasteiger charge is -2.08. The Labute approximate surface area is 73.3 Å². The maximum Gasteiger partial charge on any atom is 0.281 e. The van der Waals surface area contributed by atoms with Gasteiger partial charge in [-0.15, -0.1) is 0 Å². The summed E-state index contributed by atoms with van der Waals surface area (Å²) in [5.74, 6) is 0.963. The molecule has 0 spiro atoms. The van der Waals surface area contributed by atoms with E-state index < -0.39 is 0 Å². The number of carbonyl (C=O) groups is 1. The number of amides is 1. The number of carbonyl (C=O) groups excluding carboxylic acids is 1. The van der Waals surface area contributed by atoms with Crippen molar-refractivity contribution in [3.05, 3.63) is 0 Å². The zero-order chi connectivity index (χ0) is 8.69. The van der Waals surface area contributed by atoms with E-state index in [1.807, 2.05) is 0 Å². The first kappa shape index (κ1) is 10.8. The highest BCUT2D eigenvalue weighted by Crippen LogP contribution is 2.09. The molecule has 0 saturated heterocycles. The molecule has 0 aromatic heterocycles. The molecule has 0 atom stereocenters. The third kappa shape index (κ3) is 6.23. The minimum absolute atomic E-state index is 0.168. The number of hydrogen-bond donors (Lipinski definition) is 0. The van der Waals surface area contributed by atoms with Crippen molar-refractivity contribution in [1.82, 2.24) is 4.90 Å². The molecule has 0 rings (SSSR count). The topological polar surface area (TPSA) is 20.3 Å². The Kier molecular flexibility index (Phi) is 6.42. The fourth-order valence-corrected chi connectivity index (χ4v) is 1.42. The first-order valence-electron chi connectivity index (χ1n) is 4.02. The second kappa shape index (κ2) is 6.53. The molecule has 1 amide bonds. The van der Waals surface area contributed by atoms with Crippen LogP contribution in [0.4, 0.5) is 4.79 Å². The molecule has 0 aliphatic heterocycles. The van der Waals surface area contributed by atoms with Gasteiger partial charge in [-0.25, -0.2) is 0 Å². The van der Waals surface area contributed by atoms with Gasteiger partial charge in [-0.3, -0.25) is 4.79 Å². The summed E-state index contributed by atoms with van der Waals surface area (Å²) in [5.41, 5.74) is 0. The van der Waals surface area contributed by atoms with Crippen LogP contribution in [0.2, 0.25) is 0 Å². The van der Waals surface area contributed by atoms with Crippen molar-refractivity contribution in [2.45, 2.75) is 26.2 Å². The average molecular weight is 175 g/mol. The van der Waals surface area contributed by atoms with Crippen LogP contribution in [-0.4, -0.2) is 30.0 Å². The molecule has 0 aromatic carbocycles. The lowest BCUT2D eigenvalue weighted by Crippen LogP contribution is -2.16. The van der Waals surface area contributed by atoms with Crippen LogP contribution in [0.1, 0.15) is 26.2 Å². The number of rotatable bonds is 4. The first-order chi connectivity index (χ1) is 5.18. The molecule has 0 aliphatic rings. The quantitative estimate of drug-likeness (QED) is 0.612. The number of hydrogen-bond acceptors (Lipinski definition) is 2. The van der Waals surface area contributed by atoms with Crippen LogP contribution < -0.4 is 0 Å². The Morgan fingerprint density at radius 1 is 1.36 bits per heavy atom. The van der Waals surface area contributed by atoms with E-state index in [2.05, 4.69) is 6.92 Å². The zero-order valence-corrected chi connectivity index (χ0v) is 8.41. The summed E-state index contributed by atoms with van der Waals surface area (Å²) in [6, 6.07) is 0. The number of thioether (sulfide) groups is 1. The molecule has 2 nitrogen and oxygen atoms in total. The summed E-state index contributed by atoms with van der Waals surface area (Å²) in [7, 11) is 3.57. The Hall–Kier alpha value is -0.180. The third-order valence-corrected chi connectivity index (χ3v) is 2.44. The maximum atomic E-state index is 11.0. The minimum atomic E-state index is 0.168. The van der Waals surface area contributed by atoms with E-state index in [1.54, 1.807) is 19.0 Å². The Morgan fingerprint density at radius 3 is 2.45 bits per heavy atom. The molecular formula is C8H17NOS. The first-order valence-corrected chi connectivity index (χ1v) is 5.01. The van der Waals surface area contributed by atoms with Gasteiger partial charge in [0.25, 0.3) is 5.24 Å². The summed E-state index contributed by atoms with van der Waals surface area (Å²) in [6.07, 6.45) is 3.60. The zero-order valence-electron chi connectivity index (χ0n) is 7.59. The molecule has 0 aromatic rings. The summed E-state index contributed by atoms with van der Waals surface area (Å²) in [5, 5.41) is 0.168. The highest BCUT2D eigenvalue weighted by Gasteiger charge is 2.02. The van der Waals surface area contributed by atoms with E-state index in [0.29, 0.717) is 0 Å². The van der Waals surface area contributed by atoms with Gasteiger partial charge in [-0.1, -0.05) is 31.5 Å². The fourth-order valence-electron chi connectivity index (χ4n) is 0.641. The summed E-state index contributed by atoms with van der Waals surface area (Å²) in [4.78, 5) is 12.6. The predicted octanol–water partition coefficient (Wildman–Crippen LogP) is 2.59. The molecule has 3 heteroatoms. The number of unbranched alkanes of at least 4 members (excludes halogenated alkanes) is 2. The molecule has 0 N–H and O–H groups in total. The molecule has 66 valence electrons. The summed E-state index contributed by atoms with van der Waals surface area (Å²) in [6.45, 7) is 2.17. The molecule has 0 heterocycles. The van der Waals surface area contributed by atoms with Crippen molar-refractivity contribution in [3.8, 4) is 0 Å². The van der Waals surface area contributed by atoms with Gasteiger partial charge in [-0.2, -0.15) is 0 Å². The van der Waals surface area contributed by atoms with Crippen molar-refractivity contribution in [2.24, 2.45) is 0 Å². The highest BCUT2D eigenvalue weighted by atomic mass is 32.2. The average Bonchev–Trinajstić information content (AvgIpc) is 1.97. The van der Waals surface area contributed by atoms with Gasteiger partial charge < -0.3 is 4.90 Å². The molecular weight excluding hydrogens is 158 g/mol. The maximum absolute atomic E-state index is 11.0. The molecule has 0 aliphatic carbocycles. The second-order valence-corrected chi connectivity index (χ2v) is 3.76. The standard InChI is InChI=1S/C8H17NOS/c1-4-5-6-7-11-8(10)9(2)3/h4-7H2,1-3H3. The minimum Gasteiger partial charge on any atom is -0.340 e. The van der Waals surface area contributed by atoms with Crippen molar-refractivity contribution in [3.63, 3.8) is 0 Å². The Bertz CT molecular complexity index is 115. The van der Waals surface area contributed by atoms with Crippen LogP contribution in [-0.2, 0) is 0 Å². The summed E-state index contributed by atoms with van der Waals surface area (Å²) >= 11 is 1.41. The molecule has 0 radical (unpaired) electrons. The Balaban J connectivity index is 3.18. The molecule has 0 bridgehead atoms. The Morgan fingerprint density at radius 2 is 2.00 bits per heavy atom. The van der Waals surface area contributed by atoms with E-state index in [0.717, 1.165) is 12.2 Å². The van der Waals surface area contributed by atoms with Crippen molar-refractivity contribution in [1.29, 1.82) is 0 Å². The fraction of sp³-hybridized carbons (Fsp3) is 0.875. The van der Waals surface area contributed by atoms with Crippen LogP contribution in [0.15, 0.2) is 0 Å². The van der Waals surface area contributed by atoms with E-state index in [-0.39, 0.29) is 5.24 Å². The van der Waals surface area contributed by atoms with E-state index in [4.69, 9.17) is 0 Å². The van der Waals surface area contributed by atoms with Crippen molar-refractivity contribution >= 4 is 17.0 Å². The summed E-state index contributed by atoms with van der Waals surface area (Å²) < 4.78 is 0. The van der Waals surface area contributed by atoms with Gasteiger partial charge in [-0.05, 0) is 6.42 Å². The van der Waals surface area contributed by atoms with Crippen molar-refractivity contribution in [2.75, 3.05) is 19.8 Å². The van der Waals surface area contributed by atoms with E-state index >= 15 is 0 Å². The van der Waals surface area contributed by atoms with Crippen molar-refractivity contribution < 1.29 is 4.79 Å². The largest absolute Gasteiger partial charge is 0.340 e. The molecule has 11 heavy (non-hydrogen) atoms. The van der Waals surface area contributed by atoms with Gasteiger partial charge in [0, 0.05) is 19.8 Å². The van der Waals surface area contributed by atoms with Crippen LogP contribution in [0, 0.1) is 0 Å². The highest BCUT2D eigenvalue weighted by molar-refractivity contribution is 8.13. The smallest absolute Gasteiger partial charge is 0.281 e. The van der Waals surface area contributed by atoms with Crippen LogP contribution in [0.3, 0.4) is 0 Å². The number of nitrogens with zero attached hydrogens (tertiary/aromatic N) is 1. The van der Waals surface area contributed by atoms with Gasteiger partial charge in [0.05, 0.1) is 0 Å². The molecule has 0 saturated carbocycles. The normalized spacial score (nSPS) is 9.73. The van der Waals surface area contributed by atoms with Crippen LogP contribution in [0.5, 0.6) is 0 Å². The third-order valence-electron chi connectivity index (χ3n) is 1.34. The van der Waals surface area contributed by atoms with Gasteiger partial charge in [0.2, 0.25) is 0 Å². The monoisotopic (exact) mass is 175 g/mol. The SMILES string of the molecule is CCCCCSC(=O)N(C)C. The van der Waals surface area contributed by atoms with Gasteiger partial charge >= 0.3 is 0 Å². The van der Waals surface area contributed by atoms with Gasteiger partial charge in [0.15, 0.2) is 0 Å². The lowest BCUT2D eigenvalue weighted by molar-refractivity contribution is 0.241. The van der Waals surface area contributed by atoms with E-state index in [1.165, 1.54) is 24.6 Å². The second-order valence-electron chi connectivity index (χ2n) is 2.72. The predicted molar refractivity (Wildman–Crippen MR) is 51.1 cm³/mol. The lowest BCUT2D eigenvalue weighted by atomic mass is 10.3. The van der Waals surface area contributed by atoms with Crippen LogP contribution >= 0.6 is 11.8 Å². The molecule has 0 fully saturated rings. The molecule has 0 unspecified atom stereocenters. The van der Waals surface area contributed by atoms with Gasteiger partial charge in [0.1, 0.15) is 0 Å².